The Morgan fingerprint density at radius 1 is 0.950 bits per heavy atom. The van der Waals surface area contributed by atoms with E-state index in [1.165, 1.54) is 0 Å². The Bertz CT molecular complexity index is 471. The quantitative estimate of drug-likeness (QED) is 0.493. The average molecular weight is 315 g/mol. The van der Waals surface area contributed by atoms with E-state index < -0.39 is 41.6 Å². The molecule has 0 unspecified atom stereocenters. The van der Waals surface area contributed by atoms with E-state index in [0.717, 1.165) is 0 Å². The van der Waals surface area contributed by atoms with Gasteiger partial charge in [0.2, 0.25) is 0 Å². The monoisotopic (exact) mass is 315 g/mol. The Hall–Kier alpha value is -1.93. The molecule has 0 saturated carbocycles. The maximum atomic E-state index is 13.0. The summed E-state index contributed by atoms with van der Waals surface area (Å²) >= 11 is 0. The number of hydrogen-bond donors (Lipinski definition) is 1. The number of hydrogen-bond acceptors (Lipinski definition) is 2. The number of carboxylic acids is 1. The Kier molecular flexibility index (Phi) is 4.40. The van der Waals surface area contributed by atoms with Gasteiger partial charge < -0.3 is 5.11 Å². The van der Waals surface area contributed by atoms with Crippen molar-refractivity contribution in [3.05, 3.63) is 11.6 Å². The van der Waals surface area contributed by atoms with E-state index in [9.17, 15) is 44.3 Å². The van der Waals surface area contributed by atoms with Crippen molar-refractivity contribution < 1.29 is 49.4 Å². The van der Waals surface area contributed by atoms with Crippen molar-refractivity contribution in [3.8, 4) is 6.07 Å². The maximum absolute atomic E-state index is 13.0. The fraction of sp³-hybridized carbons (Fsp3) is 0.500. The Labute approximate surface area is 103 Å². The van der Waals surface area contributed by atoms with Crippen LogP contribution >= 0.6 is 0 Å². The SMILES string of the molecule is N#CC=C(C(=O)O)C(F)(F)C(F)(F)C(F)(F)C(F)(F)F. The number of allylic oxidation sites excluding steroid dienone is 1. The number of alkyl halides is 9. The number of nitrogens with zero attached hydrogens (tertiary/aromatic N) is 1. The van der Waals surface area contributed by atoms with Crippen molar-refractivity contribution in [1.82, 2.24) is 0 Å². The molecule has 0 heterocycles. The molecule has 0 fully saturated rings. The van der Waals surface area contributed by atoms with Crippen LogP contribution in [0.2, 0.25) is 0 Å². The van der Waals surface area contributed by atoms with Crippen LogP contribution < -0.4 is 0 Å². The third-order valence-electron chi connectivity index (χ3n) is 1.92. The van der Waals surface area contributed by atoms with Crippen molar-refractivity contribution in [2.24, 2.45) is 0 Å². The summed E-state index contributed by atoms with van der Waals surface area (Å²) in [5.41, 5.74) is -2.89. The van der Waals surface area contributed by atoms with Crippen LogP contribution in [0, 0.1) is 11.3 Å². The molecule has 0 radical (unpaired) electrons. The molecule has 0 aliphatic heterocycles. The first-order valence-corrected chi connectivity index (χ1v) is 4.18. The molecule has 0 aromatic carbocycles. The van der Waals surface area contributed by atoms with Crippen LogP contribution in [0.3, 0.4) is 0 Å². The van der Waals surface area contributed by atoms with Crippen LogP contribution in [0.1, 0.15) is 0 Å². The highest BCUT2D eigenvalue weighted by Gasteiger charge is 2.83. The topological polar surface area (TPSA) is 61.1 Å². The van der Waals surface area contributed by atoms with Crippen LogP contribution in [0.25, 0.3) is 0 Å². The minimum atomic E-state index is -7.21. The van der Waals surface area contributed by atoms with E-state index in [1.54, 1.807) is 0 Å². The predicted octanol–water partition coefficient (Wildman–Crippen LogP) is 2.99. The highest BCUT2D eigenvalue weighted by Crippen LogP contribution is 2.55. The van der Waals surface area contributed by atoms with E-state index in [4.69, 9.17) is 10.4 Å². The van der Waals surface area contributed by atoms with Gasteiger partial charge in [0.1, 0.15) is 5.57 Å². The summed E-state index contributed by atoms with van der Waals surface area (Å²) < 4.78 is 112. The predicted molar refractivity (Wildman–Crippen MR) is 42.2 cm³/mol. The fourth-order valence-corrected chi connectivity index (χ4v) is 0.896. The first kappa shape index (κ1) is 18.1. The van der Waals surface area contributed by atoms with Crippen LogP contribution in [0.5, 0.6) is 0 Å². The first-order chi connectivity index (χ1) is 8.64. The second-order valence-corrected chi connectivity index (χ2v) is 3.21. The smallest absolute Gasteiger partial charge is 0.460 e. The molecule has 0 aromatic rings. The second kappa shape index (κ2) is 4.88. The Balaban J connectivity index is 6.13. The molecular formula is C8H2F9NO2. The van der Waals surface area contributed by atoms with Gasteiger partial charge >= 0.3 is 29.9 Å². The van der Waals surface area contributed by atoms with E-state index in [1.807, 2.05) is 0 Å². The molecule has 0 bridgehead atoms. The van der Waals surface area contributed by atoms with E-state index in [2.05, 4.69) is 0 Å². The lowest BCUT2D eigenvalue weighted by Crippen LogP contribution is -2.62. The van der Waals surface area contributed by atoms with E-state index in [-0.39, 0.29) is 0 Å². The lowest BCUT2D eigenvalue weighted by molar-refractivity contribution is -0.389. The highest BCUT2D eigenvalue weighted by atomic mass is 19.4. The largest absolute Gasteiger partial charge is 0.478 e. The zero-order valence-electron chi connectivity index (χ0n) is 8.78. The molecule has 0 saturated heterocycles. The summed E-state index contributed by atoms with van der Waals surface area (Å²) in [5.74, 6) is -23.7. The summed E-state index contributed by atoms with van der Waals surface area (Å²) in [6, 6.07) is 0.535. The van der Waals surface area contributed by atoms with Gasteiger partial charge in [-0.2, -0.15) is 44.8 Å². The van der Waals surface area contributed by atoms with Crippen LogP contribution in [0.15, 0.2) is 11.6 Å². The van der Waals surface area contributed by atoms with Crippen LogP contribution in [-0.2, 0) is 4.79 Å². The molecule has 20 heavy (non-hydrogen) atoms. The third-order valence-corrected chi connectivity index (χ3v) is 1.92. The number of nitriles is 1. The molecule has 1 N–H and O–H groups in total. The van der Waals surface area contributed by atoms with Gasteiger partial charge in [-0.25, -0.2) is 4.79 Å². The summed E-state index contributed by atoms with van der Waals surface area (Å²) in [6.07, 6.45) is -7.82. The van der Waals surface area contributed by atoms with Gasteiger partial charge in [0.15, 0.2) is 0 Å². The van der Waals surface area contributed by atoms with Gasteiger partial charge in [0, 0.05) is 6.08 Å². The molecule has 114 valence electrons. The van der Waals surface area contributed by atoms with Crippen LogP contribution in [0.4, 0.5) is 39.5 Å². The zero-order valence-corrected chi connectivity index (χ0v) is 8.78. The van der Waals surface area contributed by atoms with Crippen molar-refractivity contribution in [2.75, 3.05) is 0 Å². The number of halogens is 9. The zero-order chi connectivity index (χ0) is 16.6. The number of carbonyl (C=O) groups is 1. The summed E-state index contributed by atoms with van der Waals surface area (Å²) in [4.78, 5) is 10.2. The van der Waals surface area contributed by atoms with Gasteiger partial charge in [0.25, 0.3) is 0 Å². The molecule has 0 aliphatic carbocycles. The minimum Gasteiger partial charge on any atom is -0.478 e. The van der Waals surface area contributed by atoms with Crippen molar-refractivity contribution >= 4 is 5.97 Å². The average Bonchev–Trinajstić information content (AvgIpc) is 2.22. The molecule has 12 heteroatoms. The van der Waals surface area contributed by atoms with Crippen LogP contribution in [-0.4, -0.2) is 35.0 Å². The number of rotatable bonds is 4. The van der Waals surface area contributed by atoms with Gasteiger partial charge in [0.05, 0.1) is 6.07 Å². The summed E-state index contributed by atoms with van der Waals surface area (Å²) in [6.45, 7) is 0. The molecular weight excluding hydrogens is 313 g/mol. The van der Waals surface area contributed by atoms with Crippen molar-refractivity contribution in [2.45, 2.75) is 23.9 Å². The van der Waals surface area contributed by atoms with Crippen molar-refractivity contribution in [3.63, 3.8) is 0 Å². The van der Waals surface area contributed by atoms with E-state index in [0.29, 0.717) is 6.07 Å². The fourth-order valence-electron chi connectivity index (χ4n) is 0.896. The van der Waals surface area contributed by atoms with Gasteiger partial charge in [-0.1, -0.05) is 0 Å². The lowest BCUT2D eigenvalue weighted by Gasteiger charge is -2.33. The van der Waals surface area contributed by atoms with Gasteiger partial charge in [-0.15, -0.1) is 0 Å². The number of carboxylic acid groups (broad SMARTS) is 1. The van der Waals surface area contributed by atoms with Crippen molar-refractivity contribution in [1.29, 1.82) is 5.26 Å². The lowest BCUT2D eigenvalue weighted by atomic mass is 9.96. The third kappa shape index (κ3) is 2.52. The molecule has 3 nitrogen and oxygen atoms in total. The molecule has 0 rings (SSSR count). The molecule has 0 spiro atoms. The molecule has 0 atom stereocenters. The van der Waals surface area contributed by atoms with Gasteiger partial charge in [-0.3, -0.25) is 0 Å². The Morgan fingerprint density at radius 2 is 1.35 bits per heavy atom. The molecule has 0 aromatic heterocycles. The molecule has 0 amide bonds. The summed E-state index contributed by atoms with van der Waals surface area (Å²) in [5, 5.41) is 16.0. The normalized spacial score (nSPS) is 14.9. The standard InChI is InChI=1S/C8H2F9NO2/c9-5(10,3(1-2-18)4(19)20)6(11,12)7(13,14)8(15,16)17/h1H,(H,19,20). The number of aliphatic carboxylic acids is 1. The highest BCUT2D eigenvalue weighted by molar-refractivity contribution is 5.89. The van der Waals surface area contributed by atoms with Gasteiger partial charge in [-0.05, 0) is 0 Å². The Morgan fingerprint density at radius 3 is 1.60 bits per heavy atom. The summed E-state index contributed by atoms with van der Waals surface area (Å²) in [7, 11) is 0. The first-order valence-electron chi connectivity index (χ1n) is 4.18. The second-order valence-electron chi connectivity index (χ2n) is 3.21. The van der Waals surface area contributed by atoms with E-state index >= 15 is 0 Å². The minimum absolute atomic E-state index is 0.535. The molecule has 0 aliphatic rings. The maximum Gasteiger partial charge on any atom is 0.460 e.